The minimum atomic E-state index is -1.29. The van der Waals surface area contributed by atoms with Gasteiger partial charge in [0.25, 0.3) is 0 Å². The molecule has 1 aromatic rings. The van der Waals surface area contributed by atoms with Gasteiger partial charge >= 0.3 is 0 Å². The summed E-state index contributed by atoms with van der Waals surface area (Å²) >= 11 is 16.8. The topological polar surface area (TPSA) is 0 Å². The minimum absolute atomic E-state index is 0. The van der Waals surface area contributed by atoms with E-state index in [1.807, 2.05) is 18.2 Å². The normalized spacial score (nSPS) is 10.5. The van der Waals surface area contributed by atoms with Gasteiger partial charge in [-0.1, -0.05) is 65.1 Å². The van der Waals surface area contributed by atoms with Crippen LogP contribution in [0.5, 0.6) is 0 Å². The van der Waals surface area contributed by atoms with E-state index in [0.717, 1.165) is 0 Å². The van der Waals surface area contributed by atoms with Gasteiger partial charge in [-0.3, -0.25) is 0 Å². The molecule has 0 saturated carbocycles. The van der Waals surface area contributed by atoms with E-state index in [1.54, 1.807) is 12.1 Å². The van der Waals surface area contributed by atoms with Gasteiger partial charge in [-0.2, -0.15) is 0 Å². The van der Waals surface area contributed by atoms with E-state index in [0.29, 0.717) is 5.56 Å². The predicted molar refractivity (Wildman–Crippen MR) is 56.0 cm³/mol. The molecule has 0 saturated heterocycles. The van der Waals surface area contributed by atoms with Gasteiger partial charge in [0, 0.05) is 5.56 Å². The molecule has 0 aliphatic rings. The van der Waals surface area contributed by atoms with Gasteiger partial charge in [-0.25, -0.2) is 0 Å². The quantitative estimate of drug-likeness (QED) is 0.626. The largest absolute Gasteiger partial charge is 0.216 e. The Morgan fingerprint density at radius 1 is 0.909 bits per heavy atom. The zero-order valence-electron chi connectivity index (χ0n) is 5.43. The summed E-state index contributed by atoms with van der Waals surface area (Å²) in [6.45, 7) is 0. The third-order valence-corrected chi connectivity index (χ3v) is 1.76. The Kier molecular flexibility index (Phi) is 4.80. The SMILES string of the molecule is Br.ClC(Cl)(Cl)c1ccccc1. The van der Waals surface area contributed by atoms with Crippen molar-refractivity contribution in [2.75, 3.05) is 0 Å². The highest BCUT2D eigenvalue weighted by atomic mass is 79.9. The second kappa shape index (κ2) is 4.56. The van der Waals surface area contributed by atoms with Crippen molar-refractivity contribution in [1.29, 1.82) is 0 Å². The predicted octanol–water partition coefficient (Wildman–Crippen LogP) is 4.09. The maximum Gasteiger partial charge on any atom is 0.216 e. The average molecular weight is 276 g/mol. The minimum Gasteiger partial charge on any atom is -0.114 e. The zero-order valence-corrected chi connectivity index (χ0v) is 9.41. The maximum absolute atomic E-state index is 5.59. The highest BCUT2D eigenvalue weighted by Gasteiger charge is 2.21. The lowest BCUT2D eigenvalue weighted by Gasteiger charge is -2.09. The van der Waals surface area contributed by atoms with Crippen molar-refractivity contribution in [3.8, 4) is 0 Å². The van der Waals surface area contributed by atoms with Gasteiger partial charge in [-0.05, 0) is 0 Å². The van der Waals surface area contributed by atoms with Gasteiger partial charge in [-0.15, -0.1) is 17.0 Å². The Morgan fingerprint density at radius 3 is 1.64 bits per heavy atom. The summed E-state index contributed by atoms with van der Waals surface area (Å²) in [6.07, 6.45) is 0. The first-order valence-corrected chi connectivity index (χ1v) is 3.86. The number of rotatable bonds is 0. The van der Waals surface area contributed by atoms with Gasteiger partial charge in [0.1, 0.15) is 0 Å². The van der Waals surface area contributed by atoms with Crippen molar-refractivity contribution in [1.82, 2.24) is 0 Å². The van der Waals surface area contributed by atoms with Crippen LogP contribution in [0, 0.1) is 0 Å². The van der Waals surface area contributed by atoms with Crippen LogP contribution in [0.3, 0.4) is 0 Å². The fourth-order valence-corrected chi connectivity index (χ4v) is 1.01. The van der Waals surface area contributed by atoms with Crippen molar-refractivity contribution < 1.29 is 0 Å². The number of hydrogen-bond donors (Lipinski definition) is 0. The summed E-state index contributed by atoms with van der Waals surface area (Å²) in [4.78, 5) is 0. The summed E-state index contributed by atoms with van der Waals surface area (Å²) in [5, 5.41) is 0. The van der Waals surface area contributed by atoms with Gasteiger partial charge in [0.2, 0.25) is 3.79 Å². The van der Waals surface area contributed by atoms with E-state index in [9.17, 15) is 0 Å². The second-order valence-corrected chi connectivity index (χ2v) is 4.15. The molecule has 0 aliphatic heterocycles. The third-order valence-electron chi connectivity index (χ3n) is 1.10. The molecule has 0 nitrogen and oxygen atoms in total. The van der Waals surface area contributed by atoms with Crippen LogP contribution >= 0.6 is 51.8 Å². The van der Waals surface area contributed by atoms with Crippen LogP contribution in [0.2, 0.25) is 0 Å². The lowest BCUT2D eigenvalue weighted by atomic mass is 10.2. The molecule has 0 bridgehead atoms. The van der Waals surface area contributed by atoms with Crippen LogP contribution in [0.15, 0.2) is 30.3 Å². The molecule has 0 spiro atoms. The number of benzene rings is 1. The fourth-order valence-electron chi connectivity index (χ4n) is 0.627. The molecule has 0 atom stereocenters. The Hall–Kier alpha value is 0.570. The third kappa shape index (κ3) is 3.66. The van der Waals surface area contributed by atoms with Crippen molar-refractivity contribution in [2.45, 2.75) is 3.79 Å². The van der Waals surface area contributed by atoms with E-state index in [2.05, 4.69) is 0 Å². The molecule has 0 amide bonds. The lowest BCUT2D eigenvalue weighted by molar-refractivity contribution is 1.24. The fraction of sp³-hybridized carbons (Fsp3) is 0.143. The molecule has 0 unspecified atom stereocenters. The van der Waals surface area contributed by atoms with Crippen LogP contribution < -0.4 is 0 Å². The molecule has 0 fully saturated rings. The van der Waals surface area contributed by atoms with E-state index in [-0.39, 0.29) is 17.0 Å². The van der Waals surface area contributed by atoms with Crippen LogP contribution in [0.4, 0.5) is 0 Å². The zero-order chi connectivity index (χ0) is 7.61. The van der Waals surface area contributed by atoms with Gasteiger partial charge < -0.3 is 0 Å². The van der Waals surface area contributed by atoms with Crippen LogP contribution in [0.1, 0.15) is 5.56 Å². The average Bonchev–Trinajstić information content (AvgIpc) is 1.88. The maximum atomic E-state index is 5.59. The molecular formula is C7H6BrCl3. The van der Waals surface area contributed by atoms with E-state index >= 15 is 0 Å². The molecule has 1 rings (SSSR count). The molecule has 0 aliphatic carbocycles. The Labute approximate surface area is 91.2 Å². The second-order valence-electron chi connectivity index (χ2n) is 1.86. The molecule has 62 valence electrons. The Bertz CT molecular complexity index is 205. The molecule has 0 aromatic heterocycles. The highest BCUT2D eigenvalue weighted by Crippen LogP contribution is 2.37. The summed E-state index contributed by atoms with van der Waals surface area (Å²) in [6, 6.07) is 9.08. The Balaban J connectivity index is 0.000001000. The van der Waals surface area contributed by atoms with E-state index < -0.39 is 3.79 Å². The number of halogens is 4. The summed E-state index contributed by atoms with van der Waals surface area (Å²) in [7, 11) is 0. The molecule has 0 N–H and O–H groups in total. The summed E-state index contributed by atoms with van der Waals surface area (Å²) in [5.74, 6) is 0. The smallest absolute Gasteiger partial charge is 0.114 e. The van der Waals surface area contributed by atoms with Crippen LogP contribution in [0.25, 0.3) is 0 Å². The van der Waals surface area contributed by atoms with Gasteiger partial charge in [0.15, 0.2) is 0 Å². The molecule has 1 aromatic carbocycles. The molecule has 0 heterocycles. The molecule has 11 heavy (non-hydrogen) atoms. The van der Waals surface area contributed by atoms with Gasteiger partial charge in [0.05, 0.1) is 0 Å². The summed E-state index contributed by atoms with van der Waals surface area (Å²) < 4.78 is -1.29. The number of alkyl halides is 3. The lowest BCUT2D eigenvalue weighted by Crippen LogP contribution is -1.98. The molecule has 4 heteroatoms. The Morgan fingerprint density at radius 2 is 1.36 bits per heavy atom. The van der Waals surface area contributed by atoms with Crippen molar-refractivity contribution in [2.24, 2.45) is 0 Å². The first kappa shape index (κ1) is 11.6. The van der Waals surface area contributed by atoms with E-state index in [4.69, 9.17) is 34.8 Å². The van der Waals surface area contributed by atoms with Crippen LogP contribution in [-0.2, 0) is 3.79 Å². The molecular weight excluding hydrogens is 270 g/mol. The summed E-state index contributed by atoms with van der Waals surface area (Å²) in [5.41, 5.74) is 0.694. The monoisotopic (exact) mass is 274 g/mol. The molecule has 0 radical (unpaired) electrons. The standard InChI is InChI=1S/C7H5Cl3.BrH/c8-7(9,10)6-4-2-1-3-5-6;/h1-5H;1H. The first-order chi connectivity index (χ1) is 4.61. The van der Waals surface area contributed by atoms with Crippen LogP contribution in [-0.4, -0.2) is 0 Å². The van der Waals surface area contributed by atoms with Crippen molar-refractivity contribution in [3.05, 3.63) is 35.9 Å². The van der Waals surface area contributed by atoms with Crippen molar-refractivity contribution in [3.63, 3.8) is 0 Å². The highest BCUT2D eigenvalue weighted by molar-refractivity contribution is 8.93. The van der Waals surface area contributed by atoms with Crippen molar-refractivity contribution >= 4 is 51.8 Å². The number of hydrogen-bond acceptors (Lipinski definition) is 0. The van der Waals surface area contributed by atoms with E-state index in [1.165, 1.54) is 0 Å². The first-order valence-electron chi connectivity index (χ1n) is 2.73.